The molecule has 240 valence electrons. The molecule has 1 fully saturated rings. The summed E-state index contributed by atoms with van der Waals surface area (Å²) in [5.41, 5.74) is 3.38. The van der Waals surface area contributed by atoms with Crippen LogP contribution in [0.5, 0.6) is 0 Å². The van der Waals surface area contributed by atoms with Gasteiger partial charge in [0.15, 0.2) is 23.7 Å². The molecular weight excluding hydrogens is 614 g/mol. The molecule has 46 heavy (non-hydrogen) atoms. The number of nitriles is 1. The number of thioether (sulfide) groups is 1. The monoisotopic (exact) mass is 647 g/mol. The minimum absolute atomic E-state index is 0.301. The van der Waals surface area contributed by atoms with Crippen molar-refractivity contribution < 1.29 is 42.9 Å². The molecule has 0 bridgehead atoms. The van der Waals surface area contributed by atoms with Crippen molar-refractivity contribution in [1.29, 1.82) is 5.26 Å². The fourth-order valence-corrected chi connectivity index (χ4v) is 7.10. The first-order valence-corrected chi connectivity index (χ1v) is 15.7. The number of benzene rings is 1. The number of carbonyl (C=O) groups excluding carboxylic acids is 4. The lowest BCUT2D eigenvalue weighted by Crippen LogP contribution is -2.61. The second-order valence-corrected chi connectivity index (χ2v) is 12.1. The minimum Gasteiger partial charge on any atom is -0.463 e. The SMILES string of the molecule is CC(=O)OC[C@H]1O[C@@H](Sc2nc3c(c(-c4ccnc5ccccc45)c2C#N)CCCC3)[C@H](OC(C)=O)[C@@H](OC(C)=O)[C@@H]1OC(C)=O. The Labute approximate surface area is 269 Å². The highest BCUT2D eigenvalue weighted by atomic mass is 32.2. The average molecular weight is 648 g/mol. The van der Waals surface area contributed by atoms with E-state index >= 15 is 0 Å². The Hall–Kier alpha value is -4.54. The minimum atomic E-state index is -1.33. The number of esters is 4. The molecule has 3 aromatic rings. The molecule has 1 aliphatic heterocycles. The fourth-order valence-electron chi connectivity index (χ4n) is 5.91. The summed E-state index contributed by atoms with van der Waals surface area (Å²) >= 11 is 1.02. The standard InChI is InChI=1S/C33H33N3O9S/c1-17(37)41-16-27-29(42-18(2)38)30(43-19(3)39)31(44-20(4)40)33(45-27)46-32-24(15-34)28(23-10-6-8-12-26(23)36-32)22-13-14-35-25-11-7-5-9-21(22)25/h5,7,9,11,13-14,27,29-31,33H,6,8,10,12,16H2,1-4H3/t27-,29-,30+,31-,33+/m1/s1. The van der Waals surface area contributed by atoms with Crippen LogP contribution >= 0.6 is 11.8 Å². The molecule has 2 aliphatic rings. The number of aryl methyl sites for hydroxylation is 1. The molecule has 13 heteroatoms. The highest BCUT2D eigenvalue weighted by molar-refractivity contribution is 7.99. The summed E-state index contributed by atoms with van der Waals surface area (Å²) in [6, 6.07) is 11.9. The maximum atomic E-state index is 12.4. The first kappa shape index (κ1) is 32.8. The summed E-state index contributed by atoms with van der Waals surface area (Å²) < 4.78 is 28.3. The van der Waals surface area contributed by atoms with Crippen molar-refractivity contribution in [2.24, 2.45) is 0 Å². The van der Waals surface area contributed by atoms with E-state index in [1.807, 2.05) is 30.3 Å². The molecule has 0 N–H and O–H groups in total. The Kier molecular flexibility index (Phi) is 10.2. The Morgan fingerprint density at radius 2 is 1.59 bits per heavy atom. The summed E-state index contributed by atoms with van der Waals surface area (Å²) in [5, 5.41) is 11.9. The van der Waals surface area contributed by atoms with Gasteiger partial charge in [0.2, 0.25) is 0 Å². The molecule has 2 aromatic heterocycles. The van der Waals surface area contributed by atoms with Gasteiger partial charge in [0, 0.05) is 50.5 Å². The quantitative estimate of drug-likeness (QED) is 0.252. The number of aromatic nitrogens is 2. The summed E-state index contributed by atoms with van der Waals surface area (Å²) in [6.45, 7) is 4.37. The van der Waals surface area contributed by atoms with E-state index in [0.717, 1.165) is 71.2 Å². The number of rotatable bonds is 8. The number of nitrogens with zero attached hydrogens (tertiary/aromatic N) is 3. The van der Waals surface area contributed by atoms with Crippen LogP contribution in [0.3, 0.4) is 0 Å². The average Bonchev–Trinajstić information content (AvgIpc) is 3.01. The number of hydrogen-bond acceptors (Lipinski definition) is 13. The highest BCUT2D eigenvalue weighted by Gasteiger charge is 2.53. The molecule has 0 radical (unpaired) electrons. The topological polar surface area (TPSA) is 164 Å². The maximum Gasteiger partial charge on any atom is 0.303 e. The van der Waals surface area contributed by atoms with Gasteiger partial charge in [-0.1, -0.05) is 30.0 Å². The van der Waals surface area contributed by atoms with Crippen molar-refractivity contribution in [1.82, 2.24) is 9.97 Å². The smallest absolute Gasteiger partial charge is 0.303 e. The van der Waals surface area contributed by atoms with Crippen LogP contribution in [0.4, 0.5) is 0 Å². The van der Waals surface area contributed by atoms with E-state index in [2.05, 4.69) is 11.1 Å². The van der Waals surface area contributed by atoms with Crippen LogP contribution in [0.25, 0.3) is 22.0 Å². The molecule has 0 unspecified atom stereocenters. The van der Waals surface area contributed by atoms with E-state index in [-0.39, 0.29) is 6.61 Å². The second-order valence-electron chi connectivity index (χ2n) is 11.0. The lowest BCUT2D eigenvalue weighted by atomic mass is 9.86. The number of hydrogen-bond donors (Lipinski definition) is 0. The van der Waals surface area contributed by atoms with Gasteiger partial charge in [-0.25, -0.2) is 4.98 Å². The van der Waals surface area contributed by atoms with Crippen LogP contribution in [-0.2, 0) is 55.7 Å². The van der Waals surface area contributed by atoms with Crippen LogP contribution in [0.1, 0.15) is 57.4 Å². The van der Waals surface area contributed by atoms with Gasteiger partial charge in [-0.2, -0.15) is 5.26 Å². The van der Waals surface area contributed by atoms with E-state index in [1.54, 1.807) is 6.20 Å². The zero-order chi connectivity index (χ0) is 33.0. The van der Waals surface area contributed by atoms with Crippen molar-refractivity contribution >= 4 is 46.5 Å². The molecule has 5 rings (SSSR count). The highest BCUT2D eigenvalue weighted by Crippen LogP contribution is 2.43. The Morgan fingerprint density at radius 3 is 2.28 bits per heavy atom. The molecule has 1 aromatic carbocycles. The second kappa shape index (κ2) is 14.3. The third kappa shape index (κ3) is 7.13. The zero-order valence-corrected chi connectivity index (χ0v) is 26.6. The maximum absolute atomic E-state index is 12.4. The summed E-state index contributed by atoms with van der Waals surface area (Å²) in [5.74, 6) is -2.77. The van der Waals surface area contributed by atoms with Crippen LogP contribution in [0, 0.1) is 11.3 Å². The number of fused-ring (bicyclic) bond motifs is 2. The van der Waals surface area contributed by atoms with Gasteiger partial charge in [-0.3, -0.25) is 24.2 Å². The molecule has 0 saturated carbocycles. The third-order valence-electron chi connectivity index (χ3n) is 7.65. The normalized spacial score (nSPS) is 22.2. The van der Waals surface area contributed by atoms with Crippen LogP contribution in [0.2, 0.25) is 0 Å². The van der Waals surface area contributed by atoms with Gasteiger partial charge in [-0.05, 0) is 48.9 Å². The first-order valence-electron chi connectivity index (χ1n) is 14.8. The van der Waals surface area contributed by atoms with E-state index in [9.17, 15) is 24.4 Å². The van der Waals surface area contributed by atoms with Gasteiger partial charge < -0.3 is 23.7 Å². The summed E-state index contributed by atoms with van der Waals surface area (Å²) in [6.07, 6.45) is -0.00628. The number of pyridine rings is 2. The van der Waals surface area contributed by atoms with Gasteiger partial charge >= 0.3 is 23.9 Å². The number of para-hydroxylation sites is 1. The number of ether oxygens (including phenoxy) is 5. The van der Waals surface area contributed by atoms with E-state index in [0.29, 0.717) is 17.0 Å². The summed E-state index contributed by atoms with van der Waals surface area (Å²) in [4.78, 5) is 58.0. The molecule has 3 heterocycles. The Morgan fingerprint density at radius 1 is 0.913 bits per heavy atom. The largest absolute Gasteiger partial charge is 0.463 e. The van der Waals surface area contributed by atoms with Crippen LogP contribution in [-0.4, -0.2) is 70.3 Å². The van der Waals surface area contributed by atoms with Crippen molar-refractivity contribution in [3.63, 3.8) is 0 Å². The number of carbonyl (C=O) groups is 4. The molecular formula is C33H33N3O9S. The van der Waals surface area contributed by atoms with Gasteiger partial charge in [0.05, 0.1) is 11.1 Å². The zero-order valence-electron chi connectivity index (χ0n) is 25.8. The molecule has 12 nitrogen and oxygen atoms in total. The van der Waals surface area contributed by atoms with Gasteiger partial charge in [-0.15, -0.1) is 0 Å². The molecule has 1 saturated heterocycles. The molecule has 0 amide bonds. The molecule has 1 aliphatic carbocycles. The third-order valence-corrected chi connectivity index (χ3v) is 8.78. The first-order chi connectivity index (χ1) is 22.1. The predicted octanol–water partition coefficient (Wildman–Crippen LogP) is 4.22. The summed E-state index contributed by atoms with van der Waals surface area (Å²) in [7, 11) is 0. The Balaban J connectivity index is 1.66. The lowest BCUT2D eigenvalue weighted by Gasteiger charge is -2.44. The molecule has 5 atom stereocenters. The fraction of sp³-hybridized carbons (Fsp3) is 0.424. The van der Waals surface area contributed by atoms with Crippen LogP contribution < -0.4 is 0 Å². The molecule has 0 spiro atoms. The van der Waals surface area contributed by atoms with Crippen molar-refractivity contribution in [2.75, 3.05) is 6.61 Å². The van der Waals surface area contributed by atoms with Gasteiger partial charge in [0.25, 0.3) is 0 Å². The van der Waals surface area contributed by atoms with Gasteiger partial charge in [0.1, 0.15) is 23.8 Å². The predicted molar refractivity (Wildman–Crippen MR) is 164 cm³/mol. The Bertz CT molecular complexity index is 1720. The van der Waals surface area contributed by atoms with Crippen molar-refractivity contribution in [3.05, 3.63) is 53.3 Å². The van der Waals surface area contributed by atoms with Crippen molar-refractivity contribution in [2.45, 2.75) is 88.3 Å². The van der Waals surface area contributed by atoms with E-state index < -0.39 is 53.7 Å². The van der Waals surface area contributed by atoms with Crippen molar-refractivity contribution in [3.8, 4) is 17.2 Å². The van der Waals surface area contributed by atoms with E-state index in [4.69, 9.17) is 28.7 Å². The van der Waals surface area contributed by atoms with Crippen LogP contribution in [0.15, 0.2) is 41.6 Å². The lowest BCUT2D eigenvalue weighted by molar-refractivity contribution is -0.237. The van der Waals surface area contributed by atoms with E-state index in [1.165, 1.54) is 20.8 Å².